The molecule has 0 aliphatic rings. The Kier molecular flexibility index (Phi) is 3.60. The van der Waals surface area contributed by atoms with Crippen molar-refractivity contribution in [1.29, 1.82) is 0 Å². The van der Waals surface area contributed by atoms with E-state index in [0.717, 1.165) is 5.70 Å². The highest BCUT2D eigenvalue weighted by molar-refractivity contribution is 7.83. The van der Waals surface area contributed by atoms with E-state index in [1.165, 1.54) is 0 Å². The van der Waals surface area contributed by atoms with Gasteiger partial charge in [-0.05, 0) is 26.6 Å². The SMILES string of the molecule is [CH2-]N(C)/C(C)=C(/C)S(=O)O. The molecule has 0 amide bonds. The van der Waals surface area contributed by atoms with Crippen LogP contribution in [0.1, 0.15) is 13.8 Å². The average Bonchev–Trinajstić information content (AvgIpc) is 1.84. The van der Waals surface area contributed by atoms with Gasteiger partial charge in [-0.3, -0.25) is 7.05 Å². The predicted octanol–water partition coefficient (Wildman–Crippen LogP) is 1.18. The molecule has 0 rings (SSSR count). The zero-order valence-electron chi connectivity index (χ0n) is 6.42. The largest absolute Gasteiger partial charge is 0.530 e. The highest BCUT2D eigenvalue weighted by atomic mass is 32.2. The molecule has 0 saturated heterocycles. The topological polar surface area (TPSA) is 40.5 Å². The molecule has 10 heavy (non-hydrogen) atoms. The van der Waals surface area contributed by atoms with E-state index in [1.807, 2.05) is 0 Å². The second-order valence-electron chi connectivity index (χ2n) is 2.09. The van der Waals surface area contributed by atoms with Gasteiger partial charge < -0.3 is 9.45 Å². The van der Waals surface area contributed by atoms with Gasteiger partial charge in [-0.1, -0.05) is 0 Å². The van der Waals surface area contributed by atoms with Crippen molar-refractivity contribution in [2.24, 2.45) is 0 Å². The molecular formula is C6H12NO2S-. The average molecular weight is 162 g/mol. The molecule has 3 nitrogen and oxygen atoms in total. The standard InChI is InChI=1S/C6H12NO2S/c1-5(7(3)4)6(2)10(8)9/h3H2,1-2,4H3,(H,8,9)/q-1/b6-5-. The van der Waals surface area contributed by atoms with Crippen LogP contribution in [0.25, 0.3) is 0 Å². The minimum Gasteiger partial charge on any atom is -0.530 e. The first-order chi connectivity index (χ1) is 4.46. The van der Waals surface area contributed by atoms with Gasteiger partial charge in [-0.15, -0.1) is 0 Å². The summed E-state index contributed by atoms with van der Waals surface area (Å²) in [5.74, 6) is 0. The summed E-state index contributed by atoms with van der Waals surface area (Å²) in [7, 11) is 5.30. The molecule has 1 atom stereocenters. The van der Waals surface area contributed by atoms with Gasteiger partial charge in [0.15, 0.2) is 11.1 Å². The molecule has 0 aliphatic carbocycles. The first-order valence-electron chi connectivity index (χ1n) is 2.79. The van der Waals surface area contributed by atoms with Crippen LogP contribution < -0.4 is 0 Å². The van der Waals surface area contributed by atoms with Crippen molar-refractivity contribution in [3.05, 3.63) is 17.6 Å². The lowest BCUT2D eigenvalue weighted by Gasteiger charge is -2.23. The maximum Gasteiger partial charge on any atom is 0.183 e. The summed E-state index contributed by atoms with van der Waals surface area (Å²) in [6.07, 6.45) is 0. The van der Waals surface area contributed by atoms with Crippen LogP contribution in [0.15, 0.2) is 10.6 Å². The normalized spacial score (nSPS) is 16.1. The summed E-state index contributed by atoms with van der Waals surface area (Å²) >= 11 is -1.86. The second-order valence-corrected chi connectivity index (χ2v) is 3.20. The van der Waals surface area contributed by atoms with E-state index >= 15 is 0 Å². The molecule has 0 aromatic heterocycles. The maximum absolute atomic E-state index is 10.4. The molecule has 0 heterocycles. The lowest BCUT2D eigenvalue weighted by molar-refractivity contribution is 0.546. The summed E-state index contributed by atoms with van der Waals surface area (Å²) < 4.78 is 19.0. The Morgan fingerprint density at radius 3 is 2.10 bits per heavy atom. The van der Waals surface area contributed by atoms with E-state index in [1.54, 1.807) is 25.8 Å². The Labute approximate surface area is 64.0 Å². The zero-order valence-corrected chi connectivity index (χ0v) is 7.23. The molecule has 0 bridgehead atoms. The Balaban J connectivity index is 4.50. The van der Waals surface area contributed by atoms with Gasteiger partial charge in [0.25, 0.3) is 0 Å². The van der Waals surface area contributed by atoms with Crippen LogP contribution in [0, 0.1) is 7.05 Å². The van der Waals surface area contributed by atoms with Crippen LogP contribution in [-0.4, -0.2) is 20.7 Å². The van der Waals surface area contributed by atoms with Crippen molar-refractivity contribution in [3.8, 4) is 0 Å². The molecule has 0 saturated carbocycles. The minimum atomic E-state index is -1.86. The Hall–Kier alpha value is -0.350. The highest BCUT2D eigenvalue weighted by Gasteiger charge is 2.00. The van der Waals surface area contributed by atoms with Gasteiger partial charge in [-0.2, -0.15) is 0 Å². The molecule has 0 radical (unpaired) electrons. The quantitative estimate of drug-likeness (QED) is 0.489. The van der Waals surface area contributed by atoms with Crippen molar-refractivity contribution in [2.45, 2.75) is 13.8 Å². The third-order valence-electron chi connectivity index (χ3n) is 1.34. The fraction of sp³-hybridized carbons (Fsp3) is 0.500. The molecule has 1 unspecified atom stereocenters. The van der Waals surface area contributed by atoms with Crippen molar-refractivity contribution < 1.29 is 8.76 Å². The zero-order chi connectivity index (χ0) is 8.31. The van der Waals surface area contributed by atoms with Crippen LogP contribution >= 0.6 is 0 Å². The number of nitrogens with zero attached hydrogens (tertiary/aromatic N) is 1. The molecule has 0 fully saturated rings. The van der Waals surface area contributed by atoms with Gasteiger partial charge in [0.05, 0.1) is 4.91 Å². The van der Waals surface area contributed by atoms with Crippen LogP contribution in [-0.2, 0) is 11.1 Å². The van der Waals surface area contributed by atoms with E-state index in [4.69, 9.17) is 4.55 Å². The van der Waals surface area contributed by atoms with Crippen LogP contribution in [0.3, 0.4) is 0 Å². The summed E-state index contributed by atoms with van der Waals surface area (Å²) in [4.78, 5) is 2.00. The van der Waals surface area contributed by atoms with Crippen LogP contribution in [0.5, 0.6) is 0 Å². The number of rotatable bonds is 2. The molecule has 0 aromatic rings. The van der Waals surface area contributed by atoms with Crippen molar-refractivity contribution in [2.75, 3.05) is 7.05 Å². The summed E-state index contributed by atoms with van der Waals surface area (Å²) in [6, 6.07) is 0. The molecule has 0 aromatic carbocycles. The first kappa shape index (κ1) is 9.65. The van der Waals surface area contributed by atoms with E-state index in [0.29, 0.717) is 4.91 Å². The Bertz CT molecular complexity index is 175. The molecular weight excluding hydrogens is 150 g/mol. The maximum atomic E-state index is 10.4. The monoisotopic (exact) mass is 162 g/mol. The predicted molar refractivity (Wildman–Crippen MR) is 42.3 cm³/mol. The fourth-order valence-electron chi connectivity index (χ4n) is 0.395. The smallest absolute Gasteiger partial charge is 0.183 e. The van der Waals surface area contributed by atoms with Gasteiger partial charge in [0.2, 0.25) is 0 Å². The number of hydrogen-bond acceptors (Lipinski definition) is 2. The molecule has 4 heteroatoms. The van der Waals surface area contributed by atoms with E-state index in [9.17, 15) is 4.21 Å². The third kappa shape index (κ3) is 2.49. The molecule has 0 spiro atoms. The Morgan fingerprint density at radius 1 is 1.60 bits per heavy atom. The van der Waals surface area contributed by atoms with Gasteiger partial charge in [-0.25, -0.2) is 4.21 Å². The van der Waals surface area contributed by atoms with Crippen LogP contribution in [0.4, 0.5) is 0 Å². The van der Waals surface area contributed by atoms with Gasteiger partial charge in [0, 0.05) is 0 Å². The van der Waals surface area contributed by atoms with Crippen LogP contribution in [0.2, 0.25) is 0 Å². The van der Waals surface area contributed by atoms with E-state index < -0.39 is 11.1 Å². The lowest BCUT2D eigenvalue weighted by atomic mass is 10.4. The Morgan fingerprint density at radius 2 is 2.00 bits per heavy atom. The summed E-state index contributed by atoms with van der Waals surface area (Å²) in [5, 5.41) is 0. The van der Waals surface area contributed by atoms with E-state index in [-0.39, 0.29) is 0 Å². The highest BCUT2D eigenvalue weighted by Crippen LogP contribution is 2.08. The van der Waals surface area contributed by atoms with Crippen molar-refractivity contribution in [1.82, 2.24) is 4.90 Å². The fourth-order valence-corrected chi connectivity index (χ4v) is 0.804. The summed E-state index contributed by atoms with van der Waals surface area (Å²) in [6.45, 7) is 3.35. The van der Waals surface area contributed by atoms with Crippen molar-refractivity contribution in [3.63, 3.8) is 0 Å². The third-order valence-corrected chi connectivity index (χ3v) is 2.16. The van der Waals surface area contributed by atoms with E-state index in [2.05, 4.69) is 7.05 Å². The van der Waals surface area contributed by atoms with Gasteiger partial charge >= 0.3 is 0 Å². The minimum absolute atomic E-state index is 0.442. The number of hydrogen-bond donors (Lipinski definition) is 1. The van der Waals surface area contributed by atoms with Crippen molar-refractivity contribution >= 4 is 11.1 Å². The van der Waals surface area contributed by atoms with Gasteiger partial charge in [0.1, 0.15) is 0 Å². The lowest BCUT2D eigenvalue weighted by Crippen LogP contribution is -2.09. The number of allylic oxidation sites excluding steroid dienone is 2. The summed E-state index contributed by atoms with van der Waals surface area (Å²) in [5.41, 5.74) is 0.723. The second kappa shape index (κ2) is 3.73. The molecule has 0 aliphatic heterocycles. The molecule has 1 N–H and O–H groups in total. The molecule has 60 valence electrons. The first-order valence-corrected chi connectivity index (χ1v) is 3.90.